The molecule has 0 spiro atoms. The van der Waals surface area contributed by atoms with Gasteiger partial charge in [-0.25, -0.2) is 0 Å². The molecule has 0 aromatic heterocycles. The van der Waals surface area contributed by atoms with Crippen molar-refractivity contribution in [3.05, 3.63) is 35.9 Å². The summed E-state index contributed by atoms with van der Waals surface area (Å²) in [6, 6.07) is 10.5. The largest absolute Gasteiger partial charge is 0.352 e. The Hall–Kier alpha value is -0.830. The molecular formula is C14H18BrNO. The normalized spacial score (nSPS) is 16.5. The molecule has 1 N–H and O–H groups in total. The van der Waals surface area contributed by atoms with Crippen LogP contribution in [0.5, 0.6) is 0 Å². The number of benzene rings is 1. The fourth-order valence-electron chi connectivity index (χ4n) is 1.91. The molecule has 1 aliphatic rings. The zero-order valence-corrected chi connectivity index (χ0v) is 11.4. The number of alkyl halides is 1. The third-order valence-corrected chi connectivity index (χ3v) is 3.83. The molecule has 1 aromatic carbocycles. The van der Waals surface area contributed by atoms with Crippen molar-refractivity contribution in [2.24, 2.45) is 5.92 Å². The van der Waals surface area contributed by atoms with Gasteiger partial charge in [0, 0.05) is 17.8 Å². The van der Waals surface area contributed by atoms with Crippen LogP contribution >= 0.6 is 15.9 Å². The molecule has 0 aliphatic heterocycles. The van der Waals surface area contributed by atoms with E-state index in [1.807, 2.05) is 18.2 Å². The zero-order chi connectivity index (χ0) is 12.1. The monoisotopic (exact) mass is 295 g/mol. The second kappa shape index (κ2) is 6.20. The highest BCUT2D eigenvalue weighted by molar-refractivity contribution is 9.09. The van der Waals surface area contributed by atoms with Crippen LogP contribution in [0.3, 0.4) is 0 Å². The van der Waals surface area contributed by atoms with Gasteiger partial charge in [-0.3, -0.25) is 4.79 Å². The number of halogens is 1. The quantitative estimate of drug-likeness (QED) is 0.804. The molecule has 2 rings (SSSR count). The smallest absolute Gasteiger partial charge is 0.220 e. The van der Waals surface area contributed by atoms with Crippen molar-refractivity contribution in [2.45, 2.75) is 31.7 Å². The minimum Gasteiger partial charge on any atom is -0.352 e. The van der Waals surface area contributed by atoms with Crippen molar-refractivity contribution in [3.63, 3.8) is 0 Å². The second-order valence-corrected chi connectivity index (χ2v) is 5.40. The van der Waals surface area contributed by atoms with Gasteiger partial charge in [-0.05, 0) is 30.7 Å². The molecule has 0 radical (unpaired) electrons. The maximum absolute atomic E-state index is 11.7. The number of carbonyl (C=O) groups is 1. The highest BCUT2D eigenvalue weighted by atomic mass is 79.9. The van der Waals surface area contributed by atoms with Crippen LogP contribution in [0.25, 0.3) is 0 Å². The van der Waals surface area contributed by atoms with Crippen molar-refractivity contribution in [2.75, 3.05) is 5.33 Å². The van der Waals surface area contributed by atoms with Gasteiger partial charge < -0.3 is 5.32 Å². The standard InChI is InChI=1S/C14H18BrNO/c15-10-13(8-11-4-2-1-3-5-11)16-14(17)9-12-6-7-12/h1-5,12-13H,6-10H2,(H,16,17). The Morgan fingerprint density at radius 2 is 2.06 bits per heavy atom. The fourth-order valence-corrected chi connectivity index (χ4v) is 2.30. The third kappa shape index (κ3) is 4.50. The first-order chi connectivity index (χ1) is 8.28. The SMILES string of the molecule is O=C(CC1CC1)NC(CBr)Cc1ccccc1. The lowest BCUT2D eigenvalue weighted by molar-refractivity contribution is -0.121. The first kappa shape index (κ1) is 12.6. The minimum atomic E-state index is 0.198. The summed E-state index contributed by atoms with van der Waals surface area (Å²) in [6.07, 6.45) is 4.05. The zero-order valence-electron chi connectivity index (χ0n) is 9.86. The molecule has 1 fully saturated rings. The van der Waals surface area contributed by atoms with E-state index in [1.54, 1.807) is 0 Å². The third-order valence-electron chi connectivity index (χ3n) is 3.05. The maximum atomic E-state index is 11.7. The van der Waals surface area contributed by atoms with E-state index in [0.29, 0.717) is 12.3 Å². The number of amides is 1. The van der Waals surface area contributed by atoms with E-state index in [2.05, 4.69) is 33.4 Å². The predicted octanol–water partition coefficient (Wildman–Crippen LogP) is 2.91. The lowest BCUT2D eigenvalue weighted by Gasteiger charge is -2.16. The lowest BCUT2D eigenvalue weighted by atomic mass is 10.1. The van der Waals surface area contributed by atoms with Gasteiger partial charge in [0.1, 0.15) is 0 Å². The Morgan fingerprint density at radius 1 is 1.35 bits per heavy atom. The fraction of sp³-hybridized carbons (Fsp3) is 0.500. The summed E-state index contributed by atoms with van der Waals surface area (Å²) in [5.41, 5.74) is 1.27. The highest BCUT2D eigenvalue weighted by Crippen LogP contribution is 2.32. The molecule has 0 bridgehead atoms. The highest BCUT2D eigenvalue weighted by Gasteiger charge is 2.25. The molecule has 3 heteroatoms. The van der Waals surface area contributed by atoms with Gasteiger partial charge in [-0.1, -0.05) is 46.3 Å². The first-order valence-electron chi connectivity index (χ1n) is 6.17. The number of hydrogen-bond donors (Lipinski definition) is 1. The number of hydrogen-bond acceptors (Lipinski definition) is 1. The Bertz CT molecular complexity index is 362. The first-order valence-corrected chi connectivity index (χ1v) is 7.29. The van der Waals surface area contributed by atoms with E-state index in [4.69, 9.17) is 0 Å². The van der Waals surface area contributed by atoms with Gasteiger partial charge in [0.25, 0.3) is 0 Å². The Balaban J connectivity index is 1.81. The van der Waals surface area contributed by atoms with Crippen LogP contribution in [-0.2, 0) is 11.2 Å². The van der Waals surface area contributed by atoms with Crippen LogP contribution in [0.1, 0.15) is 24.8 Å². The van der Waals surface area contributed by atoms with Crippen molar-refractivity contribution < 1.29 is 4.79 Å². The summed E-state index contributed by atoms with van der Waals surface area (Å²) in [5.74, 6) is 0.857. The topological polar surface area (TPSA) is 29.1 Å². The van der Waals surface area contributed by atoms with Gasteiger partial charge >= 0.3 is 0 Å². The van der Waals surface area contributed by atoms with Crippen LogP contribution in [0.15, 0.2) is 30.3 Å². The van der Waals surface area contributed by atoms with E-state index in [0.717, 1.165) is 11.8 Å². The van der Waals surface area contributed by atoms with Crippen LogP contribution in [-0.4, -0.2) is 17.3 Å². The van der Waals surface area contributed by atoms with Gasteiger partial charge in [0.15, 0.2) is 0 Å². The summed E-state index contributed by atoms with van der Waals surface area (Å²) in [4.78, 5) is 11.7. The molecule has 0 saturated heterocycles. The van der Waals surface area contributed by atoms with Crippen LogP contribution < -0.4 is 5.32 Å². The van der Waals surface area contributed by atoms with Crippen LogP contribution in [0, 0.1) is 5.92 Å². The Morgan fingerprint density at radius 3 is 2.65 bits per heavy atom. The van der Waals surface area contributed by atoms with Gasteiger partial charge in [-0.15, -0.1) is 0 Å². The van der Waals surface area contributed by atoms with Crippen molar-refractivity contribution in [3.8, 4) is 0 Å². The summed E-state index contributed by atoms with van der Waals surface area (Å²) < 4.78 is 0. The van der Waals surface area contributed by atoms with Crippen molar-refractivity contribution >= 4 is 21.8 Å². The number of carbonyl (C=O) groups excluding carboxylic acids is 1. The summed E-state index contributed by atoms with van der Waals surface area (Å²) >= 11 is 3.47. The maximum Gasteiger partial charge on any atom is 0.220 e. The van der Waals surface area contributed by atoms with Gasteiger partial charge in [0.2, 0.25) is 5.91 Å². The van der Waals surface area contributed by atoms with E-state index >= 15 is 0 Å². The average molecular weight is 296 g/mol. The molecule has 17 heavy (non-hydrogen) atoms. The Kier molecular flexibility index (Phi) is 4.60. The van der Waals surface area contributed by atoms with Gasteiger partial charge in [0.05, 0.1) is 0 Å². The van der Waals surface area contributed by atoms with E-state index in [9.17, 15) is 4.79 Å². The number of nitrogens with one attached hydrogen (secondary N) is 1. The molecule has 1 aliphatic carbocycles. The lowest BCUT2D eigenvalue weighted by Crippen LogP contribution is -2.37. The van der Waals surface area contributed by atoms with E-state index in [-0.39, 0.29) is 11.9 Å². The molecule has 1 saturated carbocycles. The summed E-state index contributed by atoms with van der Waals surface area (Å²) in [5, 5.41) is 3.90. The minimum absolute atomic E-state index is 0.198. The van der Waals surface area contributed by atoms with Crippen molar-refractivity contribution in [1.29, 1.82) is 0 Å². The molecule has 1 unspecified atom stereocenters. The average Bonchev–Trinajstić information content (AvgIpc) is 3.13. The predicted molar refractivity (Wildman–Crippen MR) is 73.2 cm³/mol. The molecule has 1 amide bonds. The summed E-state index contributed by atoms with van der Waals surface area (Å²) in [7, 11) is 0. The van der Waals surface area contributed by atoms with Gasteiger partial charge in [-0.2, -0.15) is 0 Å². The molecule has 0 heterocycles. The number of rotatable bonds is 6. The molecular weight excluding hydrogens is 278 g/mol. The van der Waals surface area contributed by atoms with E-state index in [1.165, 1.54) is 18.4 Å². The van der Waals surface area contributed by atoms with Crippen LogP contribution in [0.2, 0.25) is 0 Å². The molecule has 1 atom stereocenters. The summed E-state index contributed by atoms with van der Waals surface area (Å²) in [6.45, 7) is 0. The molecule has 1 aromatic rings. The van der Waals surface area contributed by atoms with Crippen LogP contribution in [0.4, 0.5) is 0 Å². The molecule has 92 valence electrons. The Labute approximate surface area is 111 Å². The second-order valence-electron chi connectivity index (χ2n) is 4.76. The molecule has 2 nitrogen and oxygen atoms in total. The van der Waals surface area contributed by atoms with E-state index < -0.39 is 0 Å². The van der Waals surface area contributed by atoms with Crippen molar-refractivity contribution in [1.82, 2.24) is 5.32 Å².